The summed E-state index contributed by atoms with van der Waals surface area (Å²) in [5, 5.41) is 15.3. The molecular formula is C20H16N2O6S. The molecule has 0 radical (unpaired) electrons. The molecule has 0 aliphatic carbocycles. The Morgan fingerprint density at radius 2 is 1.97 bits per heavy atom. The summed E-state index contributed by atoms with van der Waals surface area (Å²) in [5.74, 6) is -1.54. The molecule has 0 unspecified atom stereocenters. The van der Waals surface area contributed by atoms with Gasteiger partial charge in [0.1, 0.15) is 10.7 Å². The Morgan fingerprint density at radius 3 is 2.62 bits per heavy atom. The van der Waals surface area contributed by atoms with Crippen molar-refractivity contribution >= 4 is 35.2 Å². The minimum absolute atomic E-state index is 0.125. The molecule has 2 aromatic heterocycles. The van der Waals surface area contributed by atoms with Gasteiger partial charge in [0.15, 0.2) is 6.61 Å². The maximum atomic E-state index is 12.3. The number of amides is 1. The summed E-state index contributed by atoms with van der Waals surface area (Å²) in [4.78, 5) is 34.9. The molecule has 1 atom stereocenters. The van der Waals surface area contributed by atoms with Crippen molar-refractivity contribution in [1.29, 1.82) is 0 Å². The first-order valence-corrected chi connectivity index (χ1v) is 9.37. The number of carbonyl (C=O) groups excluding carboxylic acids is 2. The Hall–Kier alpha value is -3.72. The largest absolute Gasteiger partial charge is 0.452 e. The van der Waals surface area contributed by atoms with Gasteiger partial charge in [0.2, 0.25) is 0 Å². The van der Waals surface area contributed by atoms with E-state index in [2.05, 4.69) is 5.32 Å². The molecular weight excluding hydrogens is 396 g/mol. The highest BCUT2D eigenvalue weighted by atomic mass is 32.1. The van der Waals surface area contributed by atoms with Crippen molar-refractivity contribution < 1.29 is 23.7 Å². The number of benzene rings is 1. The van der Waals surface area contributed by atoms with E-state index < -0.39 is 29.3 Å². The second-order valence-electron chi connectivity index (χ2n) is 5.80. The first-order chi connectivity index (χ1) is 14.0. The molecule has 0 saturated heterocycles. The predicted molar refractivity (Wildman–Crippen MR) is 106 cm³/mol. The summed E-state index contributed by atoms with van der Waals surface area (Å²) >= 11 is 1.51. The number of hydrogen-bond acceptors (Lipinski definition) is 7. The van der Waals surface area contributed by atoms with Crippen LogP contribution in [0.1, 0.15) is 22.2 Å². The number of hydrogen-bond donors (Lipinski definition) is 1. The Labute approximate surface area is 169 Å². The Morgan fingerprint density at radius 1 is 1.17 bits per heavy atom. The van der Waals surface area contributed by atoms with Crippen LogP contribution in [0.15, 0.2) is 70.5 Å². The number of nitrogens with one attached hydrogen (secondary N) is 1. The second kappa shape index (κ2) is 9.47. The molecule has 3 aromatic rings. The molecule has 8 nitrogen and oxygen atoms in total. The first-order valence-electron chi connectivity index (χ1n) is 8.49. The van der Waals surface area contributed by atoms with Gasteiger partial charge in [0, 0.05) is 11.0 Å². The van der Waals surface area contributed by atoms with Crippen molar-refractivity contribution in [3.63, 3.8) is 0 Å². The van der Waals surface area contributed by atoms with Gasteiger partial charge in [-0.05, 0) is 29.2 Å². The van der Waals surface area contributed by atoms with Crippen LogP contribution >= 0.6 is 11.3 Å². The van der Waals surface area contributed by atoms with Crippen LogP contribution in [-0.2, 0) is 14.3 Å². The third-order valence-corrected chi connectivity index (χ3v) is 4.72. The third kappa shape index (κ3) is 5.63. The van der Waals surface area contributed by atoms with Crippen LogP contribution in [0.2, 0.25) is 0 Å². The van der Waals surface area contributed by atoms with E-state index in [-0.39, 0.29) is 11.8 Å². The number of carbonyl (C=O) groups is 2. The van der Waals surface area contributed by atoms with Crippen molar-refractivity contribution in [2.45, 2.75) is 6.04 Å². The molecule has 0 aliphatic rings. The lowest BCUT2D eigenvalue weighted by atomic mass is 10.1. The summed E-state index contributed by atoms with van der Waals surface area (Å²) in [5.41, 5.74) is 0.911. The fourth-order valence-corrected chi connectivity index (χ4v) is 3.29. The topological polar surface area (TPSA) is 112 Å². The molecule has 3 rings (SSSR count). The molecule has 0 spiro atoms. The molecule has 148 valence electrons. The normalized spacial score (nSPS) is 11.9. The smallest absolute Gasteiger partial charge is 0.433 e. The highest BCUT2D eigenvalue weighted by Crippen LogP contribution is 2.25. The van der Waals surface area contributed by atoms with Crippen molar-refractivity contribution in [3.8, 4) is 0 Å². The van der Waals surface area contributed by atoms with Crippen molar-refractivity contribution in [1.82, 2.24) is 5.32 Å². The van der Waals surface area contributed by atoms with Gasteiger partial charge in [-0.1, -0.05) is 36.4 Å². The zero-order valence-corrected chi connectivity index (χ0v) is 15.8. The average molecular weight is 412 g/mol. The molecule has 1 aromatic carbocycles. The highest BCUT2D eigenvalue weighted by molar-refractivity contribution is 7.10. The van der Waals surface area contributed by atoms with E-state index in [1.165, 1.54) is 29.5 Å². The average Bonchev–Trinajstić information content (AvgIpc) is 3.41. The van der Waals surface area contributed by atoms with Crippen molar-refractivity contribution in [3.05, 3.63) is 92.4 Å². The molecule has 9 heteroatoms. The van der Waals surface area contributed by atoms with Crippen LogP contribution in [0.25, 0.3) is 6.08 Å². The number of ether oxygens (including phenoxy) is 1. The molecule has 0 saturated carbocycles. The monoisotopic (exact) mass is 412 g/mol. The molecule has 2 heterocycles. The fraction of sp³-hybridized carbons (Fsp3) is 0.100. The molecule has 0 bridgehead atoms. The number of furan rings is 1. The van der Waals surface area contributed by atoms with E-state index in [1.807, 2.05) is 47.8 Å². The Balaban J connectivity index is 1.55. The van der Waals surface area contributed by atoms with Gasteiger partial charge in [-0.25, -0.2) is 4.79 Å². The molecule has 0 aliphatic heterocycles. The minimum Gasteiger partial charge on any atom is -0.452 e. The van der Waals surface area contributed by atoms with Crippen LogP contribution < -0.4 is 5.32 Å². The lowest BCUT2D eigenvalue weighted by molar-refractivity contribution is -0.402. The predicted octanol–water partition coefficient (Wildman–Crippen LogP) is 3.71. The van der Waals surface area contributed by atoms with Crippen LogP contribution in [0.4, 0.5) is 5.88 Å². The van der Waals surface area contributed by atoms with Crippen LogP contribution in [0.5, 0.6) is 0 Å². The van der Waals surface area contributed by atoms with Gasteiger partial charge in [0.05, 0.1) is 12.1 Å². The Bertz CT molecular complexity index is 1010. The standard InChI is InChI=1S/C20H16N2O6S/c23-17(13-27-19(24)11-9-15-8-10-18(28-15)22(25)26)21-20(16-7-4-12-29-16)14-5-2-1-3-6-14/h1-12,20H,13H2,(H,21,23)/b11-9+/t20-/m0/s1. The van der Waals surface area contributed by atoms with E-state index >= 15 is 0 Å². The maximum absolute atomic E-state index is 12.3. The van der Waals surface area contributed by atoms with E-state index in [4.69, 9.17) is 9.15 Å². The number of thiophene rings is 1. The van der Waals surface area contributed by atoms with Gasteiger partial charge in [-0.2, -0.15) is 0 Å². The lowest BCUT2D eigenvalue weighted by Gasteiger charge is -2.18. The van der Waals surface area contributed by atoms with Gasteiger partial charge in [0.25, 0.3) is 5.91 Å². The lowest BCUT2D eigenvalue weighted by Crippen LogP contribution is -2.32. The van der Waals surface area contributed by atoms with E-state index in [0.717, 1.165) is 16.5 Å². The van der Waals surface area contributed by atoms with E-state index in [9.17, 15) is 19.7 Å². The van der Waals surface area contributed by atoms with Crippen molar-refractivity contribution in [2.24, 2.45) is 0 Å². The molecule has 0 fully saturated rings. The van der Waals surface area contributed by atoms with Crippen LogP contribution in [-0.4, -0.2) is 23.4 Å². The number of nitrogens with zero attached hydrogens (tertiary/aromatic N) is 1. The Kier molecular flexibility index (Phi) is 6.54. The zero-order chi connectivity index (χ0) is 20.6. The first kappa shape index (κ1) is 20.0. The van der Waals surface area contributed by atoms with Gasteiger partial charge in [-0.15, -0.1) is 11.3 Å². The SMILES string of the molecule is O=C(COC(=O)/C=C/c1ccc([N+](=O)[O-])o1)N[C@@H](c1ccccc1)c1cccs1. The molecule has 1 N–H and O–H groups in total. The quantitative estimate of drug-likeness (QED) is 0.261. The minimum atomic E-state index is -0.772. The summed E-state index contributed by atoms with van der Waals surface area (Å²) < 4.78 is 9.82. The second-order valence-corrected chi connectivity index (χ2v) is 6.78. The summed E-state index contributed by atoms with van der Waals surface area (Å²) in [6.45, 7) is -0.462. The van der Waals surface area contributed by atoms with Gasteiger partial charge >= 0.3 is 11.9 Å². The summed E-state index contributed by atoms with van der Waals surface area (Å²) in [6.07, 6.45) is 2.26. The van der Waals surface area contributed by atoms with Gasteiger partial charge in [-0.3, -0.25) is 14.9 Å². The van der Waals surface area contributed by atoms with Crippen LogP contribution in [0.3, 0.4) is 0 Å². The zero-order valence-electron chi connectivity index (χ0n) is 15.0. The number of esters is 1. The number of rotatable bonds is 8. The molecule has 29 heavy (non-hydrogen) atoms. The fourth-order valence-electron chi connectivity index (χ4n) is 2.49. The third-order valence-electron chi connectivity index (χ3n) is 3.79. The maximum Gasteiger partial charge on any atom is 0.433 e. The number of nitro groups is 1. The van der Waals surface area contributed by atoms with E-state index in [1.54, 1.807) is 0 Å². The summed E-state index contributed by atoms with van der Waals surface area (Å²) in [7, 11) is 0. The highest BCUT2D eigenvalue weighted by Gasteiger charge is 2.18. The van der Waals surface area contributed by atoms with Crippen molar-refractivity contribution in [2.75, 3.05) is 6.61 Å². The molecule has 1 amide bonds. The summed E-state index contributed by atoms with van der Waals surface area (Å²) in [6, 6.07) is 15.4. The van der Waals surface area contributed by atoms with E-state index in [0.29, 0.717) is 0 Å². The van der Waals surface area contributed by atoms with Gasteiger partial charge < -0.3 is 14.5 Å². The van der Waals surface area contributed by atoms with Crippen LogP contribution in [0, 0.1) is 10.1 Å².